The molecule has 1 aromatic heterocycles. The topological polar surface area (TPSA) is 75.2 Å². The van der Waals surface area contributed by atoms with Crippen molar-refractivity contribution in [3.63, 3.8) is 0 Å². The van der Waals surface area contributed by atoms with Gasteiger partial charge in [0.05, 0.1) is 6.61 Å². The number of aromatic nitrogens is 3. The van der Waals surface area contributed by atoms with Gasteiger partial charge in [-0.05, 0) is 12.1 Å². The summed E-state index contributed by atoms with van der Waals surface area (Å²) in [6.45, 7) is 0.234. The molecule has 124 valence electrons. The van der Waals surface area contributed by atoms with Crippen molar-refractivity contribution in [2.75, 3.05) is 12.6 Å². The van der Waals surface area contributed by atoms with E-state index >= 15 is 0 Å². The van der Waals surface area contributed by atoms with E-state index in [0.29, 0.717) is 21.6 Å². The van der Waals surface area contributed by atoms with E-state index < -0.39 is 17.8 Å². The highest BCUT2D eigenvalue weighted by Gasteiger charge is 2.38. The number of ether oxygens (including phenoxy) is 2. The summed E-state index contributed by atoms with van der Waals surface area (Å²) in [5.41, 5.74) is 1.02. The summed E-state index contributed by atoms with van der Waals surface area (Å²) in [6.07, 6.45) is -4.70. The lowest BCUT2D eigenvalue weighted by molar-refractivity contribution is -0.146. The van der Waals surface area contributed by atoms with Crippen LogP contribution in [-0.4, -0.2) is 21.7 Å². The Balaban J connectivity index is 1.82. The number of nitrogen functional groups attached to an aromatic ring is 1. The zero-order chi connectivity index (χ0) is 16.6. The highest BCUT2D eigenvalue weighted by molar-refractivity contribution is 7.98. The molecule has 2 aromatic rings. The molecule has 1 aromatic carbocycles. The summed E-state index contributed by atoms with van der Waals surface area (Å²) in [4.78, 5) is 0. The molecular weight excluding hydrogens is 340 g/mol. The van der Waals surface area contributed by atoms with Crippen molar-refractivity contribution in [1.29, 1.82) is 0 Å². The first-order chi connectivity index (χ1) is 10.9. The SMILES string of the molecule is Nn1c(SCc2cc(F)cc3c2OCOC3)nnc1C(F)(F)F. The summed E-state index contributed by atoms with van der Waals surface area (Å²) >= 11 is 0.895. The van der Waals surface area contributed by atoms with Gasteiger partial charge in [-0.3, -0.25) is 0 Å². The Bertz CT molecular complexity index is 735. The lowest BCUT2D eigenvalue weighted by Crippen LogP contribution is -2.21. The number of alkyl halides is 3. The number of fused-ring (bicyclic) bond motifs is 1. The van der Waals surface area contributed by atoms with Gasteiger partial charge in [0, 0.05) is 16.9 Å². The molecule has 0 aliphatic carbocycles. The van der Waals surface area contributed by atoms with Gasteiger partial charge >= 0.3 is 6.18 Å². The lowest BCUT2D eigenvalue weighted by Gasteiger charge is -2.20. The van der Waals surface area contributed by atoms with Crippen LogP contribution in [0.3, 0.4) is 0 Å². The maximum absolute atomic E-state index is 13.6. The van der Waals surface area contributed by atoms with Crippen LogP contribution in [-0.2, 0) is 23.3 Å². The first-order valence-corrected chi connectivity index (χ1v) is 7.27. The number of hydrogen-bond acceptors (Lipinski definition) is 6. The van der Waals surface area contributed by atoms with Crippen molar-refractivity contribution in [3.05, 3.63) is 34.9 Å². The van der Waals surface area contributed by atoms with E-state index in [9.17, 15) is 17.6 Å². The molecule has 0 amide bonds. The lowest BCUT2D eigenvalue weighted by atomic mass is 10.1. The standard InChI is InChI=1S/C12H10F4N4O2S/c13-8-1-6-3-21-5-22-9(6)7(2-8)4-23-11-19-18-10(20(11)17)12(14,15)16/h1-2H,3-5,17H2. The van der Waals surface area contributed by atoms with Crippen LogP contribution in [0.5, 0.6) is 5.75 Å². The molecule has 2 heterocycles. The van der Waals surface area contributed by atoms with Crippen LogP contribution < -0.4 is 10.6 Å². The molecule has 0 atom stereocenters. The van der Waals surface area contributed by atoms with Gasteiger partial charge in [-0.15, -0.1) is 10.2 Å². The predicted octanol–water partition coefficient (Wildman–Crippen LogP) is 2.31. The maximum Gasteiger partial charge on any atom is 0.453 e. The van der Waals surface area contributed by atoms with Crippen molar-refractivity contribution >= 4 is 11.8 Å². The molecule has 2 N–H and O–H groups in total. The fraction of sp³-hybridized carbons (Fsp3) is 0.333. The van der Waals surface area contributed by atoms with Crippen LogP contribution in [0.4, 0.5) is 17.6 Å². The Labute approximate surface area is 131 Å². The van der Waals surface area contributed by atoms with Crippen molar-refractivity contribution in [3.8, 4) is 5.75 Å². The fourth-order valence-electron chi connectivity index (χ4n) is 2.07. The second kappa shape index (κ2) is 5.89. The molecule has 6 nitrogen and oxygen atoms in total. The molecule has 11 heteroatoms. The maximum atomic E-state index is 13.6. The summed E-state index contributed by atoms with van der Waals surface area (Å²) in [7, 11) is 0. The van der Waals surface area contributed by atoms with Gasteiger partial charge in [-0.2, -0.15) is 13.2 Å². The Hall–Kier alpha value is -2.01. The predicted molar refractivity (Wildman–Crippen MR) is 71.4 cm³/mol. The average molecular weight is 350 g/mol. The van der Waals surface area contributed by atoms with Gasteiger partial charge in [0.1, 0.15) is 11.6 Å². The highest BCUT2D eigenvalue weighted by Crippen LogP contribution is 2.34. The third kappa shape index (κ3) is 3.20. The number of nitrogens with zero attached hydrogens (tertiary/aromatic N) is 3. The average Bonchev–Trinajstić information content (AvgIpc) is 2.85. The number of hydrogen-bond donors (Lipinski definition) is 1. The monoisotopic (exact) mass is 350 g/mol. The van der Waals surface area contributed by atoms with Crippen LogP contribution in [0.15, 0.2) is 17.3 Å². The van der Waals surface area contributed by atoms with E-state index in [-0.39, 0.29) is 24.3 Å². The van der Waals surface area contributed by atoms with Crippen molar-refractivity contribution < 1.29 is 27.0 Å². The third-order valence-corrected chi connectivity index (χ3v) is 4.02. The first-order valence-electron chi connectivity index (χ1n) is 6.28. The van der Waals surface area contributed by atoms with Crippen LogP contribution in [0.1, 0.15) is 17.0 Å². The zero-order valence-electron chi connectivity index (χ0n) is 11.4. The number of benzene rings is 1. The highest BCUT2D eigenvalue weighted by atomic mass is 32.2. The fourth-order valence-corrected chi connectivity index (χ4v) is 2.90. The molecule has 0 fully saturated rings. The second-order valence-corrected chi connectivity index (χ2v) is 5.57. The van der Waals surface area contributed by atoms with E-state index in [1.807, 2.05) is 0 Å². The first kappa shape index (κ1) is 15.9. The minimum absolute atomic E-state index is 0.0294. The van der Waals surface area contributed by atoms with Gasteiger partial charge in [0.25, 0.3) is 5.82 Å². The molecular formula is C12H10F4N4O2S. The molecule has 0 radical (unpaired) electrons. The summed E-state index contributed by atoms with van der Waals surface area (Å²) in [5, 5.41) is 6.29. The third-order valence-electron chi connectivity index (χ3n) is 3.03. The normalized spacial score (nSPS) is 14.4. The van der Waals surface area contributed by atoms with Crippen LogP contribution in [0, 0.1) is 5.82 Å². The van der Waals surface area contributed by atoms with Gasteiger partial charge in [0.15, 0.2) is 6.79 Å². The largest absolute Gasteiger partial charge is 0.467 e. The van der Waals surface area contributed by atoms with E-state index in [1.165, 1.54) is 12.1 Å². The Morgan fingerprint density at radius 3 is 2.78 bits per heavy atom. The minimum Gasteiger partial charge on any atom is -0.467 e. The Morgan fingerprint density at radius 2 is 2.09 bits per heavy atom. The number of rotatable bonds is 3. The van der Waals surface area contributed by atoms with Crippen molar-refractivity contribution in [2.24, 2.45) is 0 Å². The molecule has 3 rings (SSSR count). The number of thioether (sulfide) groups is 1. The summed E-state index contributed by atoms with van der Waals surface area (Å²) < 4.78 is 62.2. The summed E-state index contributed by atoms with van der Waals surface area (Å²) in [5.74, 6) is 4.14. The molecule has 0 spiro atoms. The molecule has 1 aliphatic heterocycles. The molecule has 23 heavy (non-hydrogen) atoms. The van der Waals surface area contributed by atoms with E-state index in [1.54, 1.807) is 0 Å². The smallest absolute Gasteiger partial charge is 0.453 e. The second-order valence-electron chi connectivity index (χ2n) is 4.63. The Kier molecular flexibility index (Phi) is 4.06. The zero-order valence-corrected chi connectivity index (χ0v) is 12.2. The Morgan fingerprint density at radius 1 is 1.30 bits per heavy atom. The molecule has 0 saturated carbocycles. The van der Waals surface area contributed by atoms with Crippen LogP contribution >= 0.6 is 11.8 Å². The van der Waals surface area contributed by atoms with Crippen LogP contribution in [0.25, 0.3) is 0 Å². The van der Waals surface area contributed by atoms with Gasteiger partial charge in [-0.25, -0.2) is 9.07 Å². The number of nitrogens with two attached hydrogens (primary N) is 1. The van der Waals surface area contributed by atoms with Gasteiger partial charge in [0.2, 0.25) is 5.16 Å². The molecule has 0 unspecified atom stereocenters. The van der Waals surface area contributed by atoms with Crippen LogP contribution in [0.2, 0.25) is 0 Å². The van der Waals surface area contributed by atoms with Crippen molar-refractivity contribution in [1.82, 2.24) is 14.9 Å². The van der Waals surface area contributed by atoms with Crippen molar-refractivity contribution in [2.45, 2.75) is 23.7 Å². The number of halogens is 4. The minimum atomic E-state index is -4.70. The van der Waals surface area contributed by atoms with E-state index in [0.717, 1.165) is 11.8 Å². The van der Waals surface area contributed by atoms with Gasteiger partial charge < -0.3 is 15.3 Å². The quantitative estimate of drug-likeness (QED) is 0.520. The van der Waals surface area contributed by atoms with E-state index in [2.05, 4.69) is 10.2 Å². The summed E-state index contributed by atoms with van der Waals surface area (Å²) in [6, 6.07) is 2.54. The van der Waals surface area contributed by atoms with E-state index in [4.69, 9.17) is 15.3 Å². The molecule has 0 saturated heterocycles. The van der Waals surface area contributed by atoms with Gasteiger partial charge in [-0.1, -0.05) is 11.8 Å². The molecule has 1 aliphatic rings. The molecule has 0 bridgehead atoms.